The number of likely N-dealkylation sites (tertiary alicyclic amines) is 1. The van der Waals surface area contributed by atoms with E-state index < -0.39 is 0 Å². The fraction of sp³-hybridized carbons (Fsp3) is 0.524. The lowest BCUT2D eigenvalue weighted by molar-refractivity contribution is -0.140. The summed E-state index contributed by atoms with van der Waals surface area (Å²) in [4.78, 5) is 46.9. The Bertz CT molecular complexity index is 887. The monoisotopic (exact) mass is 414 g/mol. The topological polar surface area (TPSA) is 73.8 Å². The number of thiazole rings is 1. The van der Waals surface area contributed by atoms with Gasteiger partial charge in [0.25, 0.3) is 0 Å². The number of hydrogen-bond donors (Lipinski definition) is 0. The molecule has 3 amide bonds. The second-order valence-corrected chi connectivity index (χ2v) is 8.71. The largest absolute Gasteiger partial charge is 0.339 e. The van der Waals surface area contributed by atoms with Gasteiger partial charge in [-0.2, -0.15) is 0 Å². The van der Waals surface area contributed by atoms with E-state index in [2.05, 4.69) is 6.07 Å². The number of para-hydroxylation sites is 1. The third-order valence-corrected chi connectivity index (χ3v) is 6.94. The number of piperazine rings is 1. The lowest BCUT2D eigenvalue weighted by Gasteiger charge is -2.34. The first-order chi connectivity index (χ1) is 14.0. The first-order valence-corrected chi connectivity index (χ1v) is 11.0. The molecule has 0 aliphatic carbocycles. The van der Waals surface area contributed by atoms with Gasteiger partial charge in [-0.1, -0.05) is 12.1 Å². The Labute approximate surface area is 174 Å². The minimum absolute atomic E-state index is 0.00251. The van der Waals surface area contributed by atoms with Crippen LogP contribution in [0.4, 0.5) is 0 Å². The maximum atomic E-state index is 12.9. The molecule has 0 unspecified atom stereocenters. The number of carbonyl (C=O) groups is 3. The standard InChI is InChI=1S/C21H26N4O3S/c1-15(26)23-11-13-24(14-12-23)19(27)8-9-20(28)25-10-4-6-17(25)21-22-16-5-2-3-7-18(16)29-21/h2-3,5,7,17H,4,6,8-14H2,1H3/t17-/m0/s1. The Morgan fingerprint density at radius 3 is 2.41 bits per heavy atom. The lowest BCUT2D eigenvalue weighted by Crippen LogP contribution is -2.50. The molecule has 2 saturated heterocycles. The quantitative estimate of drug-likeness (QED) is 0.770. The number of aromatic nitrogens is 1. The van der Waals surface area contributed by atoms with Crippen LogP contribution in [0.3, 0.4) is 0 Å². The number of carbonyl (C=O) groups excluding carboxylic acids is 3. The van der Waals surface area contributed by atoms with Gasteiger partial charge < -0.3 is 14.7 Å². The van der Waals surface area contributed by atoms with Crippen molar-refractivity contribution >= 4 is 39.3 Å². The lowest BCUT2D eigenvalue weighted by atomic mass is 10.2. The molecule has 2 fully saturated rings. The second kappa shape index (κ2) is 8.49. The van der Waals surface area contributed by atoms with Gasteiger partial charge in [0.05, 0.1) is 16.3 Å². The summed E-state index contributed by atoms with van der Waals surface area (Å²) in [7, 11) is 0. The number of nitrogens with zero attached hydrogens (tertiary/aromatic N) is 4. The van der Waals surface area contributed by atoms with Gasteiger partial charge in [-0.25, -0.2) is 4.98 Å². The number of amides is 3. The van der Waals surface area contributed by atoms with Crippen molar-refractivity contribution in [3.05, 3.63) is 29.3 Å². The molecule has 0 radical (unpaired) electrons. The van der Waals surface area contributed by atoms with Crippen LogP contribution in [-0.2, 0) is 14.4 Å². The number of hydrogen-bond acceptors (Lipinski definition) is 5. The van der Waals surface area contributed by atoms with Gasteiger partial charge in [0.2, 0.25) is 17.7 Å². The minimum atomic E-state index is -0.00251. The fourth-order valence-corrected chi connectivity index (χ4v) is 5.26. The predicted octanol–water partition coefficient (Wildman–Crippen LogP) is 2.43. The summed E-state index contributed by atoms with van der Waals surface area (Å²) in [6, 6.07) is 8.06. The number of rotatable bonds is 4. The third-order valence-electron chi connectivity index (χ3n) is 5.80. The number of fused-ring (bicyclic) bond motifs is 1. The normalized spacial score (nSPS) is 19.8. The van der Waals surface area contributed by atoms with Gasteiger partial charge in [-0.3, -0.25) is 14.4 Å². The van der Waals surface area contributed by atoms with Crippen molar-refractivity contribution in [1.82, 2.24) is 19.7 Å². The smallest absolute Gasteiger partial charge is 0.223 e. The molecule has 2 aromatic rings. The van der Waals surface area contributed by atoms with Gasteiger partial charge in [0, 0.05) is 52.5 Å². The van der Waals surface area contributed by atoms with Crippen molar-refractivity contribution in [2.75, 3.05) is 32.7 Å². The van der Waals surface area contributed by atoms with Crippen LogP contribution in [0.5, 0.6) is 0 Å². The van der Waals surface area contributed by atoms with Gasteiger partial charge in [-0.05, 0) is 25.0 Å². The Morgan fingerprint density at radius 2 is 1.69 bits per heavy atom. The molecule has 8 heteroatoms. The van der Waals surface area contributed by atoms with Crippen LogP contribution in [0.2, 0.25) is 0 Å². The zero-order valence-corrected chi connectivity index (χ0v) is 17.5. The summed E-state index contributed by atoms with van der Waals surface area (Å²) in [5.41, 5.74) is 0.978. The van der Waals surface area contributed by atoms with Crippen molar-refractivity contribution in [3.63, 3.8) is 0 Å². The van der Waals surface area contributed by atoms with E-state index >= 15 is 0 Å². The van der Waals surface area contributed by atoms with Gasteiger partial charge in [0.15, 0.2) is 0 Å². The molecule has 0 N–H and O–H groups in total. The van der Waals surface area contributed by atoms with E-state index in [0.29, 0.717) is 26.2 Å². The van der Waals surface area contributed by atoms with E-state index in [-0.39, 0.29) is 36.6 Å². The van der Waals surface area contributed by atoms with E-state index in [1.165, 1.54) is 0 Å². The van der Waals surface area contributed by atoms with Crippen LogP contribution in [0, 0.1) is 0 Å². The molecule has 154 valence electrons. The first kappa shape index (κ1) is 19.8. The molecule has 3 heterocycles. The maximum Gasteiger partial charge on any atom is 0.223 e. The van der Waals surface area contributed by atoms with E-state index in [1.807, 2.05) is 23.1 Å². The molecule has 1 aromatic heterocycles. The minimum Gasteiger partial charge on any atom is -0.339 e. The third kappa shape index (κ3) is 4.27. The molecule has 2 aliphatic heterocycles. The van der Waals surface area contributed by atoms with Crippen molar-refractivity contribution in [1.29, 1.82) is 0 Å². The van der Waals surface area contributed by atoms with Crippen LogP contribution >= 0.6 is 11.3 Å². The Kier molecular flexibility index (Phi) is 5.80. The van der Waals surface area contributed by atoms with E-state index in [9.17, 15) is 14.4 Å². The molecular formula is C21H26N4O3S. The highest BCUT2D eigenvalue weighted by molar-refractivity contribution is 7.18. The highest BCUT2D eigenvalue weighted by Gasteiger charge is 2.32. The zero-order chi connectivity index (χ0) is 20.4. The van der Waals surface area contributed by atoms with Crippen LogP contribution in [0.25, 0.3) is 10.2 Å². The second-order valence-electron chi connectivity index (χ2n) is 7.65. The van der Waals surface area contributed by atoms with Gasteiger partial charge in [-0.15, -0.1) is 11.3 Å². The van der Waals surface area contributed by atoms with Crippen LogP contribution in [0.15, 0.2) is 24.3 Å². The summed E-state index contributed by atoms with van der Waals surface area (Å²) in [5, 5.41) is 0.990. The summed E-state index contributed by atoms with van der Waals surface area (Å²) in [6.07, 6.45) is 2.34. The highest BCUT2D eigenvalue weighted by atomic mass is 32.1. The van der Waals surface area contributed by atoms with Crippen molar-refractivity contribution in [2.45, 2.75) is 38.6 Å². The molecule has 7 nitrogen and oxygen atoms in total. The molecule has 29 heavy (non-hydrogen) atoms. The van der Waals surface area contributed by atoms with Crippen molar-refractivity contribution in [3.8, 4) is 0 Å². The van der Waals surface area contributed by atoms with Gasteiger partial charge >= 0.3 is 0 Å². The first-order valence-electron chi connectivity index (χ1n) is 10.2. The average Bonchev–Trinajstić information content (AvgIpc) is 3.38. The summed E-state index contributed by atoms with van der Waals surface area (Å²) < 4.78 is 1.14. The van der Waals surface area contributed by atoms with Crippen molar-refractivity contribution < 1.29 is 14.4 Å². The van der Waals surface area contributed by atoms with Crippen LogP contribution < -0.4 is 0 Å². The SMILES string of the molecule is CC(=O)N1CCN(C(=O)CCC(=O)N2CCC[C@H]2c2nc3ccccc3s2)CC1. The molecule has 1 atom stereocenters. The van der Waals surface area contributed by atoms with Crippen molar-refractivity contribution in [2.24, 2.45) is 0 Å². The zero-order valence-electron chi connectivity index (χ0n) is 16.7. The van der Waals surface area contributed by atoms with Crippen LogP contribution in [0.1, 0.15) is 43.7 Å². The van der Waals surface area contributed by atoms with Gasteiger partial charge in [0.1, 0.15) is 5.01 Å². The average molecular weight is 415 g/mol. The Hall–Kier alpha value is -2.48. The Morgan fingerprint density at radius 1 is 1.00 bits per heavy atom. The molecular weight excluding hydrogens is 388 g/mol. The van der Waals surface area contributed by atoms with E-state index in [0.717, 1.165) is 34.6 Å². The molecule has 0 saturated carbocycles. The Balaban J connectivity index is 1.33. The van der Waals surface area contributed by atoms with E-state index in [1.54, 1.807) is 28.1 Å². The van der Waals surface area contributed by atoms with Crippen LogP contribution in [-0.4, -0.2) is 70.1 Å². The molecule has 0 bridgehead atoms. The fourth-order valence-electron chi connectivity index (χ4n) is 4.14. The molecule has 2 aliphatic rings. The predicted molar refractivity (Wildman–Crippen MR) is 111 cm³/mol. The summed E-state index contributed by atoms with van der Waals surface area (Å²) >= 11 is 1.65. The van der Waals surface area contributed by atoms with E-state index in [4.69, 9.17) is 4.98 Å². The molecule has 4 rings (SSSR count). The summed E-state index contributed by atoms with van der Waals surface area (Å²) in [5.74, 6) is 0.0713. The molecule has 0 spiro atoms. The molecule has 1 aromatic carbocycles. The summed E-state index contributed by atoms with van der Waals surface area (Å²) in [6.45, 7) is 4.51. The highest BCUT2D eigenvalue weighted by Crippen LogP contribution is 2.36. The number of benzene rings is 1. The maximum absolute atomic E-state index is 12.9.